The molecule has 8 heteroatoms. The third-order valence-electron chi connectivity index (χ3n) is 3.18. The van der Waals surface area contributed by atoms with Crippen LogP contribution in [-0.2, 0) is 9.59 Å². The summed E-state index contributed by atoms with van der Waals surface area (Å²) in [4.78, 5) is 31.6. The summed E-state index contributed by atoms with van der Waals surface area (Å²) >= 11 is 0. The number of allylic oxidation sites excluding steroid dienone is 2. The second-order valence-electron chi connectivity index (χ2n) is 4.78. The molecule has 23 heavy (non-hydrogen) atoms. The van der Waals surface area contributed by atoms with E-state index in [1.54, 1.807) is 12.1 Å². The summed E-state index contributed by atoms with van der Waals surface area (Å²) in [6.45, 7) is 4.72. The highest BCUT2D eigenvalue weighted by atomic mass is 16.4. The fourth-order valence-corrected chi connectivity index (χ4v) is 2.04. The fraction of sp³-hybridized carbons (Fsp3) is 0.0667. The van der Waals surface area contributed by atoms with Crippen LogP contribution in [0, 0.1) is 0 Å². The Balaban J connectivity index is 2.28. The molecule has 0 atom stereocenters. The van der Waals surface area contributed by atoms with E-state index in [1.165, 1.54) is 19.1 Å². The number of nitrogens with one attached hydrogen (secondary N) is 1. The maximum atomic E-state index is 12.3. The first-order valence-corrected chi connectivity index (χ1v) is 6.67. The average Bonchev–Trinajstić information content (AvgIpc) is 2.52. The molecular formula is C15H14BN3O4. The second-order valence-corrected chi connectivity index (χ2v) is 4.78. The zero-order valence-electron chi connectivity index (χ0n) is 12.4. The topological polar surface area (TPSA) is 111 Å². The van der Waals surface area contributed by atoms with E-state index in [4.69, 9.17) is 10.0 Å². The number of anilines is 1. The lowest BCUT2D eigenvalue weighted by Gasteiger charge is -2.16. The van der Waals surface area contributed by atoms with E-state index >= 15 is 0 Å². The number of carbonyl (C=O) groups excluding carboxylic acids is 2. The summed E-state index contributed by atoms with van der Waals surface area (Å²) in [5, 5.41) is 21.1. The van der Waals surface area contributed by atoms with Gasteiger partial charge in [0.05, 0.1) is 5.70 Å². The highest BCUT2D eigenvalue weighted by molar-refractivity contribution is 6.58. The first-order chi connectivity index (χ1) is 10.9. The number of benzene rings is 1. The summed E-state index contributed by atoms with van der Waals surface area (Å²) in [7, 11) is -1.62. The van der Waals surface area contributed by atoms with Gasteiger partial charge < -0.3 is 15.4 Å². The number of ketones is 2. The summed E-state index contributed by atoms with van der Waals surface area (Å²) in [5.41, 5.74) is 1.02. The van der Waals surface area contributed by atoms with Gasteiger partial charge in [-0.2, -0.15) is 0 Å². The summed E-state index contributed by atoms with van der Waals surface area (Å²) in [5.74, 6) is -0.807. The minimum atomic E-state index is -1.62. The van der Waals surface area contributed by atoms with Crippen LogP contribution in [0.25, 0.3) is 0 Å². The van der Waals surface area contributed by atoms with Crippen LogP contribution in [-0.4, -0.2) is 41.8 Å². The molecule has 0 radical (unpaired) electrons. The molecule has 0 spiro atoms. The molecule has 1 aliphatic rings. The Hall–Kier alpha value is -2.84. The van der Waals surface area contributed by atoms with Gasteiger partial charge in [-0.05, 0) is 31.2 Å². The van der Waals surface area contributed by atoms with Gasteiger partial charge in [-0.1, -0.05) is 12.1 Å². The van der Waals surface area contributed by atoms with Crippen LogP contribution in [0.2, 0.25) is 0 Å². The van der Waals surface area contributed by atoms with Crippen molar-refractivity contribution in [1.29, 1.82) is 0 Å². The molecule has 1 aromatic rings. The first kappa shape index (κ1) is 16.5. The zero-order valence-corrected chi connectivity index (χ0v) is 12.4. The van der Waals surface area contributed by atoms with Gasteiger partial charge in [0.2, 0.25) is 11.6 Å². The van der Waals surface area contributed by atoms with Crippen LogP contribution in [0.15, 0.2) is 57.3 Å². The monoisotopic (exact) mass is 311 g/mol. The molecule has 0 bridgehead atoms. The lowest BCUT2D eigenvalue weighted by atomic mass is 9.80. The molecular weight excluding hydrogens is 297 g/mol. The molecule has 1 aromatic carbocycles. The molecule has 3 N–H and O–H groups in total. The molecule has 1 aliphatic carbocycles. The van der Waals surface area contributed by atoms with Crippen molar-refractivity contribution < 1.29 is 19.6 Å². The Morgan fingerprint density at radius 1 is 1.30 bits per heavy atom. The zero-order chi connectivity index (χ0) is 17.0. The molecule has 116 valence electrons. The minimum Gasteiger partial charge on any atom is -0.423 e. The van der Waals surface area contributed by atoms with Crippen LogP contribution in [0.3, 0.4) is 0 Å². The molecule has 0 unspecified atom stereocenters. The van der Waals surface area contributed by atoms with Gasteiger partial charge in [0.1, 0.15) is 12.0 Å². The Morgan fingerprint density at radius 3 is 2.70 bits per heavy atom. The highest BCUT2D eigenvalue weighted by Crippen LogP contribution is 2.21. The van der Waals surface area contributed by atoms with Gasteiger partial charge in [-0.15, -0.1) is 0 Å². The van der Waals surface area contributed by atoms with Crippen LogP contribution in [0.4, 0.5) is 5.69 Å². The number of hydrogen-bond acceptors (Lipinski definition) is 6. The van der Waals surface area contributed by atoms with E-state index in [0.29, 0.717) is 5.69 Å². The fourth-order valence-electron chi connectivity index (χ4n) is 2.04. The van der Waals surface area contributed by atoms with Crippen molar-refractivity contribution in [3.63, 3.8) is 0 Å². The first-order valence-electron chi connectivity index (χ1n) is 6.67. The van der Waals surface area contributed by atoms with Gasteiger partial charge in [0.25, 0.3) is 0 Å². The van der Waals surface area contributed by atoms with E-state index in [-0.39, 0.29) is 28.2 Å². The number of carbonyl (C=O) groups is 2. The van der Waals surface area contributed by atoms with Crippen LogP contribution < -0.4 is 10.8 Å². The van der Waals surface area contributed by atoms with E-state index < -0.39 is 12.9 Å². The van der Waals surface area contributed by atoms with Gasteiger partial charge in [-0.3, -0.25) is 14.6 Å². The summed E-state index contributed by atoms with van der Waals surface area (Å²) in [6.07, 6.45) is 2.25. The normalized spacial score (nSPS) is 15.0. The number of Topliss-reactive ketones (excluding diaryl/α,β-unsaturated/α-hetero) is 1. The number of hydrogen-bond donors (Lipinski definition) is 3. The van der Waals surface area contributed by atoms with Crippen LogP contribution in [0.5, 0.6) is 0 Å². The molecule has 0 amide bonds. The highest BCUT2D eigenvalue weighted by Gasteiger charge is 2.25. The molecule has 2 rings (SSSR count). The standard InChI is InChI=1S/C15H14BN3O4/c1-9-14(18-8-17-2)13(20)7-12(15(9)21)19-11-5-3-4-10(6-11)16(22)23/h3-8,19,22-23H,2H2,1H3/b18-8-. The SMILES string of the molecule is C=N/C=N\C1=C(C)C(=O)C(Nc2cccc(B(O)O)c2)=CC1=O. The Morgan fingerprint density at radius 2 is 2.04 bits per heavy atom. The number of aliphatic imine (C=N–C) groups is 2. The maximum Gasteiger partial charge on any atom is 0.488 e. The van der Waals surface area contributed by atoms with Gasteiger partial charge >= 0.3 is 7.12 Å². The summed E-state index contributed by atoms with van der Waals surface area (Å²) in [6, 6.07) is 6.23. The minimum absolute atomic E-state index is 0.0208. The van der Waals surface area contributed by atoms with E-state index in [2.05, 4.69) is 22.0 Å². The van der Waals surface area contributed by atoms with Crippen molar-refractivity contribution in [2.45, 2.75) is 6.92 Å². The number of nitrogens with zero attached hydrogens (tertiary/aromatic N) is 2. The van der Waals surface area contributed by atoms with Gasteiger partial charge in [0, 0.05) is 17.3 Å². The van der Waals surface area contributed by atoms with Crippen molar-refractivity contribution >= 4 is 42.9 Å². The molecule has 0 aromatic heterocycles. The quantitative estimate of drug-likeness (QED) is 0.302. The smallest absolute Gasteiger partial charge is 0.423 e. The Labute approximate surface area is 132 Å². The average molecular weight is 311 g/mol. The van der Waals surface area contributed by atoms with Crippen molar-refractivity contribution in [1.82, 2.24) is 0 Å². The second kappa shape index (κ2) is 6.95. The summed E-state index contributed by atoms with van der Waals surface area (Å²) < 4.78 is 0. The molecule has 0 fully saturated rings. The van der Waals surface area contributed by atoms with Crippen molar-refractivity contribution in [2.75, 3.05) is 5.32 Å². The van der Waals surface area contributed by atoms with E-state index in [9.17, 15) is 9.59 Å². The largest absolute Gasteiger partial charge is 0.488 e. The molecule has 0 saturated carbocycles. The van der Waals surface area contributed by atoms with Crippen LogP contribution >= 0.6 is 0 Å². The lowest BCUT2D eigenvalue weighted by Crippen LogP contribution is -2.30. The predicted molar refractivity (Wildman–Crippen MR) is 88.7 cm³/mol. The van der Waals surface area contributed by atoms with Gasteiger partial charge in [-0.25, -0.2) is 4.99 Å². The third kappa shape index (κ3) is 3.68. The van der Waals surface area contributed by atoms with Crippen molar-refractivity contribution in [2.24, 2.45) is 9.98 Å². The van der Waals surface area contributed by atoms with E-state index in [1.807, 2.05) is 0 Å². The molecule has 0 aliphatic heterocycles. The van der Waals surface area contributed by atoms with Crippen molar-refractivity contribution in [3.8, 4) is 0 Å². The lowest BCUT2D eigenvalue weighted by molar-refractivity contribution is -0.115. The Bertz CT molecular complexity index is 766. The third-order valence-corrected chi connectivity index (χ3v) is 3.18. The maximum absolute atomic E-state index is 12.3. The molecule has 0 saturated heterocycles. The van der Waals surface area contributed by atoms with E-state index in [0.717, 1.165) is 12.4 Å². The Kier molecular flexibility index (Phi) is 5.00. The predicted octanol–water partition coefficient (Wildman–Crippen LogP) is -0.183. The molecule has 0 heterocycles. The van der Waals surface area contributed by atoms with Gasteiger partial charge in [0.15, 0.2) is 0 Å². The van der Waals surface area contributed by atoms with Crippen molar-refractivity contribution in [3.05, 3.63) is 47.3 Å². The number of rotatable bonds is 5. The molecule has 7 nitrogen and oxygen atoms in total. The van der Waals surface area contributed by atoms with Crippen LogP contribution in [0.1, 0.15) is 6.92 Å².